The lowest BCUT2D eigenvalue weighted by Crippen LogP contribution is -2.23. The number of hydrogen-bond donors (Lipinski definition) is 2. The van der Waals surface area contributed by atoms with Gasteiger partial charge in [0.2, 0.25) is 0 Å². The number of hydrogen-bond acceptors (Lipinski definition) is 3. The molecule has 0 saturated carbocycles. The highest BCUT2D eigenvalue weighted by Gasteiger charge is 2.00. The van der Waals surface area contributed by atoms with Crippen molar-refractivity contribution in [1.29, 1.82) is 0 Å². The van der Waals surface area contributed by atoms with Crippen LogP contribution in [0, 0.1) is 0 Å². The van der Waals surface area contributed by atoms with Crippen LogP contribution in [0.2, 0.25) is 0 Å². The summed E-state index contributed by atoms with van der Waals surface area (Å²) in [6.07, 6.45) is 1.75. The summed E-state index contributed by atoms with van der Waals surface area (Å²) in [5.74, 6) is 0.521. The van der Waals surface area contributed by atoms with Gasteiger partial charge in [-0.3, -0.25) is 5.43 Å². The first kappa shape index (κ1) is 17.9. The van der Waals surface area contributed by atoms with E-state index < -0.39 is 0 Å². The summed E-state index contributed by atoms with van der Waals surface area (Å²) in [7, 11) is 4.03. The summed E-state index contributed by atoms with van der Waals surface area (Å²) in [6, 6.07) is 16.4. The van der Waals surface area contributed by atoms with Crippen molar-refractivity contribution in [2.24, 2.45) is 5.10 Å². The van der Waals surface area contributed by atoms with Gasteiger partial charge in [0.05, 0.1) is 6.21 Å². The molecule has 24 heavy (non-hydrogen) atoms. The Kier molecular flexibility index (Phi) is 6.32. The van der Waals surface area contributed by atoms with Crippen LogP contribution in [0.5, 0.6) is 0 Å². The Balaban J connectivity index is 1.86. The van der Waals surface area contributed by atoms with Crippen LogP contribution in [0.3, 0.4) is 0 Å². The fourth-order valence-corrected chi connectivity index (χ4v) is 2.30. The van der Waals surface area contributed by atoms with Crippen LogP contribution in [0.15, 0.2) is 53.6 Å². The molecule has 0 bridgehead atoms. The molecule has 126 valence electrons. The Morgan fingerprint density at radius 3 is 2.21 bits per heavy atom. The molecule has 0 heterocycles. The van der Waals surface area contributed by atoms with E-state index in [0.29, 0.717) is 11.0 Å². The first-order chi connectivity index (χ1) is 11.5. The zero-order valence-corrected chi connectivity index (χ0v) is 15.4. The maximum Gasteiger partial charge on any atom is 0.191 e. The van der Waals surface area contributed by atoms with Crippen LogP contribution >= 0.6 is 12.2 Å². The van der Waals surface area contributed by atoms with Gasteiger partial charge in [-0.2, -0.15) is 5.10 Å². The molecule has 0 aliphatic rings. The highest BCUT2D eigenvalue weighted by atomic mass is 32.1. The van der Waals surface area contributed by atoms with Crippen molar-refractivity contribution in [3.05, 3.63) is 59.7 Å². The normalized spacial score (nSPS) is 10.9. The topological polar surface area (TPSA) is 39.7 Å². The van der Waals surface area contributed by atoms with E-state index in [-0.39, 0.29) is 0 Å². The van der Waals surface area contributed by atoms with Gasteiger partial charge in [0.15, 0.2) is 5.11 Å². The molecule has 2 N–H and O–H groups in total. The van der Waals surface area contributed by atoms with Crippen LogP contribution in [0.1, 0.15) is 30.9 Å². The predicted octanol–water partition coefficient (Wildman–Crippen LogP) is 4.20. The van der Waals surface area contributed by atoms with Crippen LogP contribution in [0.4, 0.5) is 11.4 Å². The Hall–Kier alpha value is -2.40. The van der Waals surface area contributed by atoms with Gasteiger partial charge < -0.3 is 10.2 Å². The van der Waals surface area contributed by atoms with E-state index in [1.807, 2.05) is 50.5 Å². The molecule has 2 aromatic rings. The van der Waals surface area contributed by atoms with Gasteiger partial charge >= 0.3 is 0 Å². The molecule has 2 aromatic carbocycles. The minimum absolute atomic E-state index is 0.466. The standard InChI is InChI=1S/C19H24N4S/c1-14(2)16-7-9-17(10-8-16)21-19(24)22-20-13-15-5-11-18(12-6-15)23(3)4/h5-14H,1-4H3,(H2,21,22,24)/b20-13-. The van der Waals surface area contributed by atoms with Crippen molar-refractivity contribution in [2.45, 2.75) is 19.8 Å². The van der Waals surface area contributed by atoms with Crippen LogP contribution in [-0.4, -0.2) is 25.4 Å². The second-order valence-electron chi connectivity index (χ2n) is 6.09. The highest BCUT2D eigenvalue weighted by Crippen LogP contribution is 2.17. The summed E-state index contributed by atoms with van der Waals surface area (Å²) in [5.41, 5.74) is 7.25. The fourth-order valence-electron chi connectivity index (χ4n) is 2.13. The van der Waals surface area contributed by atoms with E-state index in [0.717, 1.165) is 16.9 Å². The number of nitrogens with zero attached hydrogens (tertiary/aromatic N) is 2. The summed E-state index contributed by atoms with van der Waals surface area (Å²) in [5, 5.41) is 7.75. The lowest BCUT2D eigenvalue weighted by Gasteiger charge is -2.11. The van der Waals surface area contributed by atoms with Gasteiger partial charge in [0.1, 0.15) is 0 Å². The van der Waals surface area contributed by atoms with E-state index >= 15 is 0 Å². The largest absolute Gasteiger partial charge is 0.378 e. The maximum absolute atomic E-state index is 5.25. The van der Waals surface area contributed by atoms with Crippen molar-refractivity contribution in [1.82, 2.24) is 5.43 Å². The second-order valence-corrected chi connectivity index (χ2v) is 6.50. The molecule has 0 aliphatic carbocycles. The number of hydrazone groups is 1. The monoisotopic (exact) mass is 340 g/mol. The third-order valence-corrected chi connectivity index (χ3v) is 3.82. The molecule has 0 radical (unpaired) electrons. The molecule has 0 spiro atoms. The number of thiocarbonyl (C=S) groups is 1. The molecule has 0 aromatic heterocycles. The van der Waals surface area contributed by atoms with Crippen molar-refractivity contribution >= 4 is 34.9 Å². The molecule has 0 saturated heterocycles. The predicted molar refractivity (Wildman–Crippen MR) is 108 cm³/mol. The Morgan fingerprint density at radius 1 is 1.04 bits per heavy atom. The minimum Gasteiger partial charge on any atom is -0.378 e. The van der Waals surface area contributed by atoms with Crippen molar-refractivity contribution in [2.75, 3.05) is 24.3 Å². The molecule has 0 unspecified atom stereocenters. The number of anilines is 2. The second kappa shape index (κ2) is 8.45. The van der Waals surface area contributed by atoms with E-state index in [4.69, 9.17) is 12.2 Å². The molecule has 0 atom stereocenters. The molecule has 0 aliphatic heterocycles. The Labute approximate surface area is 149 Å². The van der Waals surface area contributed by atoms with Crippen molar-refractivity contribution in [3.8, 4) is 0 Å². The Morgan fingerprint density at radius 2 is 1.67 bits per heavy atom. The van der Waals surface area contributed by atoms with Gasteiger partial charge in [0.25, 0.3) is 0 Å². The first-order valence-corrected chi connectivity index (χ1v) is 8.34. The minimum atomic E-state index is 0.466. The molecule has 2 rings (SSSR count). The fraction of sp³-hybridized carbons (Fsp3) is 0.263. The summed E-state index contributed by atoms with van der Waals surface area (Å²) >= 11 is 5.25. The van der Waals surface area contributed by atoms with E-state index in [1.54, 1.807) is 6.21 Å². The summed E-state index contributed by atoms with van der Waals surface area (Å²) in [4.78, 5) is 2.06. The number of benzene rings is 2. The average molecular weight is 340 g/mol. The third-order valence-electron chi connectivity index (χ3n) is 3.62. The van der Waals surface area contributed by atoms with Crippen molar-refractivity contribution < 1.29 is 0 Å². The quantitative estimate of drug-likeness (QED) is 0.486. The van der Waals surface area contributed by atoms with Crippen LogP contribution < -0.4 is 15.6 Å². The van der Waals surface area contributed by atoms with Crippen molar-refractivity contribution in [3.63, 3.8) is 0 Å². The van der Waals surface area contributed by atoms with E-state index in [2.05, 4.69) is 46.7 Å². The molecule has 0 fully saturated rings. The number of rotatable bonds is 5. The molecular formula is C19H24N4S. The SMILES string of the molecule is CC(C)c1ccc(NC(=S)N/N=C\c2ccc(N(C)C)cc2)cc1. The van der Waals surface area contributed by atoms with Gasteiger partial charge in [-0.25, -0.2) is 0 Å². The number of nitrogens with one attached hydrogen (secondary N) is 2. The Bertz CT molecular complexity index is 688. The zero-order chi connectivity index (χ0) is 17.5. The summed E-state index contributed by atoms with van der Waals surface area (Å²) < 4.78 is 0. The van der Waals surface area contributed by atoms with Gasteiger partial charge in [-0.1, -0.05) is 38.1 Å². The first-order valence-electron chi connectivity index (χ1n) is 7.93. The maximum atomic E-state index is 5.25. The zero-order valence-electron chi connectivity index (χ0n) is 14.6. The lowest BCUT2D eigenvalue weighted by molar-refractivity contribution is 0.867. The highest BCUT2D eigenvalue weighted by molar-refractivity contribution is 7.80. The van der Waals surface area contributed by atoms with Crippen LogP contribution in [0.25, 0.3) is 0 Å². The van der Waals surface area contributed by atoms with Gasteiger partial charge in [-0.05, 0) is 53.5 Å². The average Bonchev–Trinajstić information content (AvgIpc) is 2.55. The van der Waals surface area contributed by atoms with Gasteiger partial charge in [-0.15, -0.1) is 0 Å². The molecular weight excluding hydrogens is 316 g/mol. The molecule has 4 nitrogen and oxygen atoms in total. The lowest BCUT2D eigenvalue weighted by atomic mass is 10.0. The van der Waals surface area contributed by atoms with Crippen LogP contribution in [-0.2, 0) is 0 Å². The van der Waals surface area contributed by atoms with E-state index in [1.165, 1.54) is 5.56 Å². The molecule has 5 heteroatoms. The van der Waals surface area contributed by atoms with E-state index in [9.17, 15) is 0 Å². The third kappa shape index (κ3) is 5.35. The van der Waals surface area contributed by atoms with Gasteiger partial charge in [0, 0.05) is 25.5 Å². The summed E-state index contributed by atoms with van der Waals surface area (Å²) in [6.45, 7) is 4.35. The molecule has 0 amide bonds. The smallest absolute Gasteiger partial charge is 0.191 e.